The molecule has 86 valence electrons. The van der Waals surface area contributed by atoms with Crippen LogP contribution in [-0.2, 0) is 4.74 Å². The van der Waals surface area contributed by atoms with Crippen molar-refractivity contribution in [2.24, 2.45) is 10.8 Å². The first-order valence-electron chi connectivity index (χ1n) is 5.56. The van der Waals surface area contributed by atoms with E-state index >= 15 is 0 Å². The highest BCUT2D eigenvalue weighted by Gasteiger charge is 2.37. The summed E-state index contributed by atoms with van der Waals surface area (Å²) in [5.74, 6) is 0. The SMILES string of the molecule is CC(OC(C)(C)C(C)(C)C)C(C)(C)C. The van der Waals surface area contributed by atoms with Crippen molar-refractivity contribution in [1.82, 2.24) is 0 Å². The summed E-state index contributed by atoms with van der Waals surface area (Å²) in [7, 11) is 0. The normalized spacial score (nSPS) is 16.9. The van der Waals surface area contributed by atoms with Crippen molar-refractivity contribution in [2.75, 3.05) is 0 Å². The molecule has 0 radical (unpaired) electrons. The molecule has 0 rings (SSSR count). The Bertz CT molecular complexity index is 178. The van der Waals surface area contributed by atoms with Crippen molar-refractivity contribution in [3.63, 3.8) is 0 Å². The lowest BCUT2D eigenvalue weighted by molar-refractivity contribution is -0.153. The van der Waals surface area contributed by atoms with Crippen molar-refractivity contribution < 1.29 is 4.74 Å². The fraction of sp³-hybridized carbons (Fsp3) is 1.00. The highest BCUT2D eigenvalue weighted by Crippen LogP contribution is 2.36. The van der Waals surface area contributed by atoms with Crippen molar-refractivity contribution in [1.29, 1.82) is 0 Å². The minimum absolute atomic E-state index is 0.0836. The van der Waals surface area contributed by atoms with Crippen LogP contribution >= 0.6 is 0 Å². The number of hydrogen-bond donors (Lipinski definition) is 0. The molecule has 0 N–H and O–H groups in total. The number of hydrogen-bond acceptors (Lipinski definition) is 1. The van der Waals surface area contributed by atoms with E-state index < -0.39 is 0 Å². The van der Waals surface area contributed by atoms with Crippen LogP contribution in [0.15, 0.2) is 0 Å². The van der Waals surface area contributed by atoms with Crippen LogP contribution in [0.5, 0.6) is 0 Å². The summed E-state index contributed by atoms with van der Waals surface area (Å²) in [6.07, 6.45) is 0.275. The van der Waals surface area contributed by atoms with Gasteiger partial charge in [-0.15, -0.1) is 0 Å². The van der Waals surface area contributed by atoms with E-state index in [2.05, 4.69) is 62.3 Å². The van der Waals surface area contributed by atoms with E-state index in [0.29, 0.717) is 0 Å². The second-order valence-corrected chi connectivity index (χ2v) is 6.89. The summed E-state index contributed by atoms with van der Waals surface area (Å²) < 4.78 is 6.17. The maximum atomic E-state index is 6.17. The molecule has 1 nitrogen and oxygen atoms in total. The second-order valence-electron chi connectivity index (χ2n) is 6.89. The van der Waals surface area contributed by atoms with Gasteiger partial charge in [0.1, 0.15) is 0 Å². The fourth-order valence-corrected chi connectivity index (χ4v) is 0.795. The molecular formula is C13H28O. The minimum Gasteiger partial charge on any atom is -0.372 e. The number of ether oxygens (including phenoxy) is 1. The van der Waals surface area contributed by atoms with Gasteiger partial charge in [-0.2, -0.15) is 0 Å². The highest BCUT2D eigenvalue weighted by molar-refractivity contribution is 4.86. The van der Waals surface area contributed by atoms with Gasteiger partial charge in [-0.25, -0.2) is 0 Å². The summed E-state index contributed by atoms with van der Waals surface area (Å²) >= 11 is 0. The van der Waals surface area contributed by atoms with Gasteiger partial charge in [-0.05, 0) is 31.6 Å². The van der Waals surface area contributed by atoms with Crippen molar-refractivity contribution in [2.45, 2.75) is 74.0 Å². The Morgan fingerprint density at radius 3 is 1.36 bits per heavy atom. The minimum atomic E-state index is -0.0836. The summed E-state index contributed by atoms with van der Waals surface area (Å²) in [6.45, 7) is 19.8. The zero-order chi connectivity index (χ0) is 11.8. The lowest BCUT2D eigenvalue weighted by Crippen LogP contribution is -2.44. The first-order chi connectivity index (χ1) is 5.88. The molecule has 1 atom stereocenters. The van der Waals surface area contributed by atoms with E-state index in [4.69, 9.17) is 4.74 Å². The third-order valence-corrected chi connectivity index (χ3v) is 3.50. The summed E-state index contributed by atoms with van der Waals surface area (Å²) in [5.41, 5.74) is 0.300. The van der Waals surface area contributed by atoms with Gasteiger partial charge in [0, 0.05) is 0 Å². The van der Waals surface area contributed by atoms with Crippen molar-refractivity contribution in [3.05, 3.63) is 0 Å². The van der Waals surface area contributed by atoms with Crippen LogP contribution < -0.4 is 0 Å². The average molecular weight is 200 g/mol. The molecule has 0 amide bonds. The first-order valence-corrected chi connectivity index (χ1v) is 5.56. The topological polar surface area (TPSA) is 9.23 Å². The van der Waals surface area contributed by atoms with Crippen molar-refractivity contribution in [3.8, 4) is 0 Å². The third kappa shape index (κ3) is 3.61. The molecule has 0 heterocycles. The van der Waals surface area contributed by atoms with Crippen LogP contribution in [0.1, 0.15) is 62.3 Å². The van der Waals surface area contributed by atoms with Crippen LogP contribution in [0.4, 0.5) is 0 Å². The van der Waals surface area contributed by atoms with E-state index in [1.54, 1.807) is 0 Å². The smallest absolute Gasteiger partial charge is 0.0678 e. The Balaban J connectivity index is 4.53. The largest absolute Gasteiger partial charge is 0.372 e. The van der Waals surface area contributed by atoms with Crippen LogP contribution in [0.3, 0.4) is 0 Å². The Hall–Kier alpha value is -0.0400. The van der Waals surface area contributed by atoms with Gasteiger partial charge < -0.3 is 4.74 Å². The van der Waals surface area contributed by atoms with Gasteiger partial charge in [0.05, 0.1) is 11.7 Å². The zero-order valence-corrected chi connectivity index (χ0v) is 11.5. The maximum Gasteiger partial charge on any atom is 0.0678 e. The Morgan fingerprint density at radius 2 is 1.14 bits per heavy atom. The average Bonchev–Trinajstić information content (AvgIpc) is 1.80. The van der Waals surface area contributed by atoms with Gasteiger partial charge >= 0.3 is 0 Å². The number of rotatable bonds is 2. The van der Waals surface area contributed by atoms with E-state index in [9.17, 15) is 0 Å². The molecule has 0 aliphatic rings. The third-order valence-electron chi connectivity index (χ3n) is 3.50. The van der Waals surface area contributed by atoms with Gasteiger partial charge in [-0.1, -0.05) is 41.5 Å². The van der Waals surface area contributed by atoms with Crippen LogP contribution in [-0.4, -0.2) is 11.7 Å². The Morgan fingerprint density at radius 1 is 0.786 bits per heavy atom. The summed E-state index contributed by atoms with van der Waals surface area (Å²) in [5, 5.41) is 0. The molecule has 0 aliphatic heterocycles. The lowest BCUT2D eigenvalue weighted by Gasteiger charge is -2.43. The molecule has 0 aliphatic carbocycles. The van der Waals surface area contributed by atoms with E-state index in [0.717, 1.165) is 0 Å². The zero-order valence-electron chi connectivity index (χ0n) is 11.5. The molecule has 0 fully saturated rings. The predicted molar refractivity (Wildman–Crippen MR) is 63.5 cm³/mol. The van der Waals surface area contributed by atoms with Gasteiger partial charge in [0.15, 0.2) is 0 Å². The molecule has 0 spiro atoms. The molecule has 0 bridgehead atoms. The molecule has 0 saturated heterocycles. The van der Waals surface area contributed by atoms with Gasteiger partial charge in [-0.3, -0.25) is 0 Å². The Kier molecular flexibility index (Phi) is 3.83. The van der Waals surface area contributed by atoms with Crippen LogP contribution in [0, 0.1) is 10.8 Å². The highest BCUT2D eigenvalue weighted by atomic mass is 16.5. The molecule has 1 unspecified atom stereocenters. The molecule has 0 saturated carbocycles. The monoisotopic (exact) mass is 200 g/mol. The van der Waals surface area contributed by atoms with Crippen LogP contribution in [0.25, 0.3) is 0 Å². The van der Waals surface area contributed by atoms with E-state index in [-0.39, 0.29) is 22.5 Å². The van der Waals surface area contributed by atoms with Gasteiger partial charge in [0.25, 0.3) is 0 Å². The Labute approximate surface area is 90.2 Å². The van der Waals surface area contributed by atoms with E-state index in [1.807, 2.05) is 0 Å². The molecule has 0 aromatic heterocycles. The molecular weight excluding hydrogens is 172 g/mol. The van der Waals surface area contributed by atoms with E-state index in [1.165, 1.54) is 0 Å². The summed E-state index contributed by atoms with van der Waals surface area (Å²) in [4.78, 5) is 0. The quantitative estimate of drug-likeness (QED) is 0.647. The molecule has 1 heteroatoms. The van der Waals surface area contributed by atoms with Crippen LogP contribution in [0.2, 0.25) is 0 Å². The fourth-order valence-electron chi connectivity index (χ4n) is 0.795. The standard InChI is InChI=1S/C13H28O/c1-10(11(2,3)4)14-13(8,9)12(5,6)7/h10H,1-9H3. The maximum absolute atomic E-state index is 6.17. The van der Waals surface area contributed by atoms with Crippen molar-refractivity contribution >= 4 is 0 Å². The second kappa shape index (κ2) is 3.84. The molecule has 0 aromatic rings. The lowest BCUT2D eigenvalue weighted by atomic mass is 9.78. The molecule has 0 aromatic carbocycles. The summed E-state index contributed by atoms with van der Waals surface area (Å²) in [6, 6.07) is 0. The van der Waals surface area contributed by atoms with Gasteiger partial charge in [0.2, 0.25) is 0 Å². The predicted octanol–water partition coefficient (Wildman–Crippen LogP) is 4.26. The first kappa shape index (κ1) is 14.0. The molecule has 14 heavy (non-hydrogen) atoms.